The lowest BCUT2D eigenvalue weighted by Gasteiger charge is -2.28. The number of nitrogens with two attached hydrogens (primary N) is 1. The van der Waals surface area contributed by atoms with Gasteiger partial charge in [0.2, 0.25) is 5.91 Å². The molecule has 1 atom stereocenters. The van der Waals surface area contributed by atoms with Crippen molar-refractivity contribution in [3.05, 3.63) is 108 Å². The Labute approximate surface area is 223 Å². The molecule has 0 bridgehead atoms. The number of carbonyl (C=O) groups excluding carboxylic acids is 1. The number of nitrogens with one attached hydrogen (secondary N) is 2. The van der Waals surface area contributed by atoms with Gasteiger partial charge in [0.25, 0.3) is 0 Å². The number of benzene rings is 3. The minimum Gasteiger partial charge on any atom is -0.506 e. The molecule has 0 aliphatic heterocycles. The topological polar surface area (TPSA) is 120 Å². The smallest absolute Gasteiger partial charge is 0.228 e. The lowest BCUT2D eigenvalue weighted by atomic mass is 9.93. The Morgan fingerprint density at radius 3 is 2.45 bits per heavy atom. The highest BCUT2D eigenvalue weighted by Crippen LogP contribution is 2.30. The van der Waals surface area contributed by atoms with Crippen LogP contribution < -0.4 is 16.4 Å². The molecule has 0 radical (unpaired) electrons. The minimum atomic E-state index is -0.700. The molecule has 0 fully saturated rings. The normalized spacial score (nSPS) is 12.2. The van der Waals surface area contributed by atoms with Crippen LogP contribution in [0.5, 0.6) is 5.75 Å². The van der Waals surface area contributed by atoms with Gasteiger partial charge < -0.3 is 26.6 Å². The van der Waals surface area contributed by atoms with E-state index in [4.69, 9.17) is 5.73 Å². The molecule has 0 spiro atoms. The molecule has 1 aromatic heterocycles. The quantitative estimate of drug-likeness (QED) is 0.194. The largest absolute Gasteiger partial charge is 0.506 e. The van der Waals surface area contributed by atoms with Crippen molar-refractivity contribution in [2.24, 2.45) is 0 Å². The molecule has 0 aliphatic carbocycles. The van der Waals surface area contributed by atoms with Gasteiger partial charge in [-0.25, -0.2) is 4.98 Å². The first-order valence-electron chi connectivity index (χ1n) is 12.6. The number of aromatic nitrogens is 1. The lowest BCUT2D eigenvalue weighted by molar-refractivity contribution is -0.115. The van der Waals surface area contributed by atoms with Crippen LogP contribution in [0, 0.1) is 0 Å². The summed E-state index contributed by atoms with van der Waals surface area (Å²) in [6.07, 6.45) is 1.77. The summed E-state index contributed by atoms with van der Waals surface area (Å²) >= 11 is 0. The van der Waals surface area contributed by atoms with E-state index in [1.165, 1.54) is 0 Å². The second kappa shape index (κ2) is 11.9. The van der Waals surface area contributed by atoms with E-state index < -0.39 is 6.10 Å². The van der Waals surface area contributed by atoms with Gasteiger partial charge in [0, 0.05) is 23.8 Å². The molecule has 7 nitrogen and oxygen atoms in total. The number of aromatic hydroxyl groups is 1. The molecule has 6 N–H and O–H groups in total. The Hall–Kier alpha value is -4.20. The molecular weight excluding hydrogens is 476 g/mol. The number of anilines is 2. The third kappa shape index (κ3) is 7.41. The van der Waals surface area contributed by atoms with Gasteiger partial charge in [0.15, 0.2) is 0 Å². The van der Waals surface area contributed by atoms with E-state index in [2.05, 4.69) is 29.5 Å². The van der Waals surface area contributed by atoms with Gasteiger partial charge in [-0.2, -0.15) is 0 Å². The number of phenolic OH excluding ortho intramolecular Hbond substituents is 1. The van der Waals surface area contributed by atoms with E-state index >= 15 is 0 Å². The number of hydrogen-bond donors (Lipinski definition) is 5. The van der Waals surface area contributed by atoms with Gasteiger partial charge >= 0.3 is 0 Å². The average molecular weight is 511 g/mol. The van der Waals surface area contributed by atoms with Gasteiger partial charge in [-0.3, -0.25) is 4.79 Å². The van der Waals surface area contributed by atoms with Crippen LogP contribution in [0.25, 0.3) is 11.1 Å². The van der Waals surface area contributed by atoms with Crippen LogP contribution in [0.15, 0.2) is 91.1 Å². The van der Waals surface area contributed by atoms with Gasteiger partial charge in [0.05, 0.1) is 18.2 Å². The van der Waals surface area contributed by atoms with Crippen LogP contribution in [0.4, 0.5) is 11.5 Å². The van der Waals surface area contributed by atoms with E-state index in [9.17, 15) is 15.0 Å². The van der Waals surface area contributed by atoms with Crippen molar-refractivity contribution in [1.29, 1.82) is 0 Å². The van der Waals surface area contributed by atoms with Crippen LogP contribution in [-0.4, -0.2) is 33.2 Å². The molecule has 0 unspecified atom stereocenters. The number of carbonyl (C=O) groups is 1. The van der Waals surface area contributed by atoms with Crippen LogP contribution in [0.2, 0.25) is 0 Å². The Kier molecular flexibility index (Phi) is 8.41. The molecule has 7 heteroatoms. The second-order valence-corrected chi connectivity index (χ2v) is 10.1. The molecule has 3 aromatic carbocycles. The Bertz CT molecular complexity index is 1370. The summed E-state index contributed by atoms with van der Waals surface area (Å²) in [5.41, 5.74) is 10.3. The summed E-state index contributed by atoms with van der Waals surface area (Å²) in [4.78, 5) is 16.9. The fourth-order valence-corrected chi connectivity index (χ4v) is 4.35. The molecule has 4 aromatic rings. The first-order valence-corrected chi connectivity index (χ1v) is 12.6. The zero-order valence-electron chi connectivity index (χ0n) is 21.7. The molecule has 1 heterocycles. The summed E-state index contributed by atoms with van der Waals surface area (Å²) < 4.78 is 0. The van der Waals surface area contributed by atoms with E-state index in [1.807, 2.05) is 60.7 Å². The minimum absolute atomic E-state index is 0.0246. The molecule has 0 saturated carbocycles. The lowest BCUT2D eigenvalue weighted by Crippen LogP contribution is -2.43. The number of nitrogen functional groups attached to an aromatic ring is 1. The molecule has 1 amide bonds. The zero-order chi connectivity index (χ0) is 27.1. The number of pyridine rings is 1. The number of nitrogens with zero attached hydrogens (tertiary/aromatic N) is 1. The SMILES string of the molecule is CC(C)(Cc1cccc(CC(=O)Nc2cc(-c3ccccc3)ccc2O)c1)NC[C@@H](O)c1ccc(N)nc1. The Balaban J connectivity index is 1.35. The standard InChI is InChI=1S/C31H34N4O3/c1-31(2,34-20-28(37)25-12-14-29(32)33-19-25)18-22-8-6-7-21(15-22)16-30(38)35-26-17-24(11-13-27(26)36)23-9-4-3-5-10-23/h3-15,17,19,28,34,36-37H,16,18,20H2,1-2H3,(H2,32,33)(H,35,38)/t28-/m1/s1. The molecule has 4 rings (SSSR count). The maximum atomic E-state index is 12.8. The van der Waals surface area contributed by atoms with Crippen molar-refractivity contribution in [2.75, 3.05) is 17.6 Å². The van der Waals surface area contributed by atoms with E-state index in [1.54, 1.807) is 30.5 Å². The van der Waals surface area contributed by atoms with Crippen molar-refractivity contribution < 1.29 is 15.0 Å². The van der Waals surface area contributed by atoms with Gasteiger partial charge in [-0.15, -0.1) is 0 Å². The third-order valence-electron chi connectivity index (χ3n) is 6.35. The Morgan fingerprint density at radius 2 is 1.71 bits per heavy atom. The average Bonchev–Trinajstić information content (AvgIpc) is 2.89. The van der Waals surface area contributed by atoms with Crippen molar-refractivity contribution in [2.45, 2.75) is 38.3 Å². The third-order valence-corrected chi connectivity index (χ3v) is 6.35. The molecule has 38 heavy (non-hydrogen) atoms. The van der Waals surface area contributed by atoms with Crippen LogP contribution >= 0.6 is 0 Å². The van der Waals surface area contributed by atoms with Gasteiger partial charge in [-0.1, -0.05) is 66.7 Å². The number of β-amino-alcohol motifs (C(OH)–C–C–N with tert-alkyl or cyclic N) is 1. The molecular formula is C31H34N4O3. The summed E-state index contributed by atoms with van der Waals surface area (Å²) in [5.74, 6) is 0.233. The highest BCUT2D eigenvalue weighted by Gasteiger charge is 2.20. The monoisotopic (exact) mass is 510 g/mol. The van der Waals surface area contributed by atoms with E-state index in [0.717, 1.165) is 22.3 Å². The number of rotatable bonds is 10. The maximum absolute atomic E-state index is 12.8. The number of aliphatic hydroxyl groups excluding tert-OH is 1. The predicted octanol–water partition coefficient (Wildman–Crippen LogP) is 4.86. The van der Waals surface area contributed by atoms with Crippen molar-refractivity contribution in [1.82, 2.24) is 10.3 Å². The van der Waals surface area contributed by atoms with Gasteiger partial charge in [-0.05, 0) is 60.7 Å². The number of amides is 1. The molecule has 196 valence electrons. The number of phenols is 1. The van der Waals surface area contributed by atoms with Crippen LogP contribution in [0.1, 0.15) is 36.6 Å². The zero-order valence-corrected chi connectivity index (χ0v) is 21.7. The fraction of sp³-hybridized carbons (Fsp3) is 0.226. The number of hydrogen-bond acceptors (Lipinski definition) is 6. The van der Waals surface area contributed by atoms with Gasteiger partial charge in [0.1, 0.15) is 11.6 Å². The first-order chi connectivity index (χ1) is 18.2. The second-order valence-electron chi connectivity index (χ2n) is 10.1. The maximum Gasteiger partial charge on any atom is 0.228 e. The fourth-order valence-electron chi connectivity index (χ4n) is 4.35. The molecule has 0 saturated heterocycles. The van der Waals surface area contributed by atoms with Crippen molar-refractivity contribution in [3.63, 3.8) is 0 Å². The highest BCUT2D eigenvalue weighted by molar-refractivity contribution is 5.94. The van der Waals surface area contributed by atoms with Crippen molar-refractivity contribution >= 4 is 17.4 Å². The molecule has 0 aliphatic rings. The first kappa shape index (κ1) is 26.9. The van der Waals surface area contributed by atoms with E-state index in [-0.39, 0.29) is 23.6 Å². The predicted molar refractivity (Wildman–Crippen MR) is 152 cm³/mol. The van der Waals surface area contributed by atoms with Crippen molar-refractivity contribution in [3.8, 4) is 16.9 Å². The van der Waals surface area contributed by atoms with E-state index in [0.29, 0.717) is 30.0 Å². The summed E-state index contributed by atoms with van der Waals surface area (Å²) in [6.45, 7) is 4.51. The summed E-state index contributed by atoms with van der Waals surface area (Å²) in [7, 11) is 0. The highest BCUT2D eigenvalue weighted by atomic mass is 16.3. The number of aliphatic hydroxyl groups is 1. The Morgan fingerprint density at radius 1 is 0.947 bits per heavy atom. The van der Waals surface area contributed by atoms with Crippen LogP contribution in [0.3, 0.4) is 0 Å². The van der Waals surface area contributed by atoms with Crippen LogP contribution in [-0.2, 0) is 17.6 Å². The summed E-state index contributed by atoms with van der Waals surface area (Å²) in [6, 6.07) is 26.4. The summed E-state index contributed by atoms with van der Waals surface area (Å²) in [5, 5.41) is 27.1.